The number of allylic oxidation sites excluding steroid dienone is 2. The zero-order valence-corrected chi connectivity index (χ0v) is 17.2. The third-order valence-electron chi connectivity index (χ3n) is 4.66. The van der Waals surface area contributed by atoms with Gasteiger partial charge in [-0.3, -0.25) is 4.79 Å². The van der Waals surface area contributed by atoms with Gasteiger partial charge in [-0.1, -0.05) is 23.2 Å². The number of alkyl halides is 1. The summed E-state index contributed by atoms with van der Waals surface area (Å²) in [6.45, 7) is 5.68. The lowest BCUT2D eigenvalue weighted by molar-refractivity contribution is 0.0415. The Morgan fingerprint density at radius 1 is 1.37 bits per heavy atom. The molecule has 1 aromatic rings. The first kappa shape index (κ1) is 20.0. The van der Waals surface area contributed by atoms with Crippen LogP contribution in [-0.2, 0) is 11.3 Å². The van der Waals surface area contributed by atoms with E-state index in [0.717, 1.165) is 11.1 Å². The summed E-state index contributed by atoms with van der Waals surface area (Å²) in [5.41, 5.74) is 0.835. The fraction of sp³-hybridized carbons (Fsp3) is 0.474. The highest BCUT2D eigenvalue weighted by Crippen LogP contribution is 2.33. The highest BCUT2D eigenvalue weighted by Gasteiger charge is 2.35. The Labute approximate surface area is 168 Å². The smallest absolute Gasteiger partial charge is 0.255 e. The molecule has 3 rings (SSSR count). The Balaban J connectivity index is 1.80. The van der Waals surface area contributed by atoms with Gasteiger partial charge in [-0.05, 0) is 38.5 Å². The van der Waals surface area contributed by atoms with E-state index in [-0.39, 0.29) is 18.6 Å². The molecular weight excluding hydrogens is 392 g/mol. The van der Waals surface area contributed by atoms with E-state index < -0.39 is 5.67 Å². The van der Waals surface area contributed by atoms with Gasteiger partial charge in [0.1, 0.15) is 22.5 Å². The van der Waals surface area contributed by atoms with Crippen molar-refractivity contribution in [2.24, 2.45) is 0 Å². The van der Waals surface area contributed by atoms with E-state index in [1.165, 1.54) is 20.0 Å². The van der Waals surface area contributed by atoms with Gasteiger partial charge >= 0.3 is 0 Å². The first-order valence-corrected chi connectivity index (χ1v) is 9.41. The van der Waals surface area contributed by atoms with Crippen LogP contribution in [0, 0.1) is 0 Å². The second-order valence-electron chi connectivity index (χ2n) is 7.47. The third-order valence-corrected chi connectivity index (χ3v) is 5.26. The van der Waals surface area contributed by atoms with E-state index in [4.69, 9.17) is 27.9 Å². The maximum atomic E-state index is 13.7. The van der Waals surface area contributed by atoms with Crippen molar-refractivity contribution >= 4 is 29.1 Å². The van der Waals surface area contributed by atoms with Crippen molar-refractivity contribution in [2.75, 3.05) is 20.2 Å². The summed E-state index contributed by atoms with van der Waals surface area (Å²) in [6.07, 6.45) is 3.33. The summed E-state index contributed by atoms with van der Waals surface area (Å²) in [4.78, 5) is 20.4. The van der Waals surface area contributed by atoms with Gasteiger partial charge < -0.3 is 14.5 Å². The number of fused-ring (bicyclic) bond motifs is 1. The Bertz CT molecular complexity index is 833. The van der Waals surface area contributed by atoms with Crippen LogP contribution in [0.4, 0.5) is 4.39 Å². The Hall–Kier alpha value is -1.79. The fourth-order valence-corrected chi connectivity index (χ4v) is 3.75. The summed E-state index contributed by atoms with van der Waals surface area (Å²) >= 11 is 12.5. The van der Waals surface area contributed by atoms with Gasteiger partial charge in [0, 0.05) is 30.9 Å². The minimum atomic E-state index is -1.46. The van der Waals surface area contributed by atoms with Gasteiger partial charge in [-0.15, -0.1) is 0 Å². The molecule has 1 aromatic heterocycles. The van der Waals surface area contributed by atoms with Crippen molar-refractivity contribution < 1.29 is 13.9 Å². The minimum absolute atomic E-state index is 0.0771. The topological polar surface area (TPSA) is 45.7 Å². The Kier molecular flexibility index (Phi) is 5.41. The number of nitrogens with zero attached hydrogens (tertiary/aromatic N) is 3. The van der Waals surface area contributed by atoms with Gasteiger partial charge in [-0.2, -0.15) is 0 Å². The van der Waals surface area contributed by atoms with Crippen LogP contribution in [-0.4, -0.2) is 52.6 Å². The summed E-state index contributed by atoms with van der Waals surface area (Å²) in [7, 11) is 1.82. The molecular formula is C19H22Cl2FN3O2. The summed E-state index contributed by atoms with van der Waals surface area (Å²) in [5.74, 6) is 0.355. The zero-order valence-electron chi connectivity index (χ0n) is 15.7. The van der Waals surface area contributed by atoms with Crippen molar-refractivity contribution in [1.29, 1.82) is 0 Å². The molecule has 0 aliphatic carbocycles. The predicted molar refractivity (Wildman–Crippen MR) is 103 cm³/mol. The quantitative estimate of drug-likeness (QED) is 0.680. The number of hydrogen-bond acceptors (Lipinski definition) is 4. The third kappa shape index (κ3) is 4.06. The molecule has 3 heterocycles. The van der Waals surface area contributed by atoms with Crippen LogP contribution < -0.4 is 0 Å². The molecule has 27 heavy (non-hydrogen) atoms. The van der Waals surface area contributed by atoms with Crippen LogP contribution >= 0.6 is 23.2 Å². The lowest BCUT2D eigenvalue weighted by atomic mass is 10.0. The summed E-state index contributed by atoms with van der Waals surface area (Å²) in [5, 5.41) is 0.742. The van der Waals surface area contributed by atoms with Crippen molar-refractivity contribution in [1.82, 2.24) is 14.8 Å². The first-order chi connectivity index (χ1) is 12.6. The fourth-order valence-electron chi connectivity index (χ4n) is 3.20. The van der Waals surface area contributed by atoms with Crippen LogP contribution in [0.1, 0.15) is 36.7 Å². The van der Waals surface area contributed by atoms with E-state index in [0.29, 0.717) is 34.7 Å². The molecule has 0 spiro atoms. The number of hydrogen-bond donors (Lipinski definition) is 0. The van der Waals surface area contributed by atoms with E-state index in [1.807, 2.05) is 18.9 Å². The molecule has 1 atom stereocenters. The zero-order chi connectivity index (χ0) is 19.9. The van der Waals surface area contributed by atoms with Crippen LogP contribution in [0.25, 0.3) is 0 Å². The van der Waals surface area contributed by atoms with Crippen LogP contribution in [0.15, 0.2) is 34.8 Å². The SMILES string of the molecule is CC(C1=CC(Cl)=C(OCC(C)(C)F)N(C)C1)N1Cc2c(ccnc2Cl)C1=O. The molecule has 0 saturated heterocycles. The molecule has 2 aliphatic rings. The lowest BCUT2D eigenvalue weighted by Gasteiger charge is -2.34. The molecule has 2 aliphatic heterocycles. The van der Waals surface area contributed by atoms with E-state index in [2.05, 4.69) is 4.98 Å². The van der Waals surface area contributed by atoms with E-state index in [1.54, 1.807) is 17.0 Å². The summed E-state index contributed by atoms with van der Waals surface area (Å²) in [6, 6.07) is 1.51. The first-order valence-electron chi connectivity index (χ1n) is 8.66. The second kappa shape index (κ2) is 7.32. The molecule has 1 unspecified atom stereocenters. The molecule has 5 nitrogen and oxygen atoms in total. The number of pyridine rings is 1. The lowest BCUT2D eigenvalue weighted by Crippen LogP contribution is -2.39. The number of amides is 1. The predicted octanol–water partition coefficient (Wildman–Crippen LogP) is 4.12. The van der Waals surface area contributed by atoms with Gasteiger partial charge in [-0.25, -0.2) is 9.37 Å². The van der Waals surface area contributed by atoms with Gasteiger partial charge in [0.15, 0.2) is 0 Å². The average Bonchev–Trinajstić information content (AvgIpc) is 2.91. The van der Waals surface area contributed by atoms with Crippen molar-refractivity contribution in [3.05, 3.63) is 51.1 Å². The maximum Gasteiger partial charge on any atom is 0.255 e. The van der Waals surface area contributed by atoms with Gasteiger partial charge in [0.05, 0.1) is 12.6 Å². The molecule has 0 fully saturated rings. The number of halogens is 3. The van der Waals surface area contributed by atoms with Crippen LogP contribution in [0.2, 0.25) is 5.15 Å². The molecule has 0 bridgehead atoms. The molecule has 0 aromatic carbocycles. The van der Waals surface area contributed by atoms with Crippen molar-refractivity contribution in [3.63, 3.8) is 0 Å². The van der Waals surface area contributed by atoms with E-state index >= 15 is 0 Å². The number of ether oxygens (including phenoxy) is 1. The molecule has 0 radical (unpaired) electrons. The minimum Gasteiger partial charge on any atom is -0.475 e. The van der Waals surface area contributed by atoms with E-state index in [9.17, 15) is 9.18 Å². The van der Waals surface area contributed by atoms with Crippen molar-refractivity contribution in [2.45, 2.75) is 39.0 Å². The standard InChI is InChI=1S/C19H22Cl2FN3O2/c1-11(25-9-14-13(17(25)26)5-6-23-16(14)21)12-7-15(20)18(24(4)8-12)27-10-19(2,3)22/h5-7,11H,8-10H2,1-4H3. The summed E-state index contributed by atoms with van der Waals surface area (Å²) < 4.78 is 19.3. The number of likely N-dealkylation sites (N-methyl/N-ethyl adjacent to an activating group) is 1. The number of carbonyl (C=O) groups is 1. The number of aromatic nitrogens is 1. The second-order valence-corrected chi connectivity index (χ2v) is 8.24. The Morgan fingerprint density at radius 3 is 2.67 bits per heavy atom. The normalized spacial score (nSPS) is 18.6. The van der Waals surface area contributed by atoms with Crippen molar-refractivity contribution in [3.8, 4) is 0 Å². The molecule has 8 heteroatoms. The monoisotopic (exact) mass is 413 g/mol. The molecule has 146 valence electrons. The highest BCUT2D eigenvalue weighted by molar-refractivity contribution is 6.31. The van der Waals surface area contributed by atoms with Gasteiger partial charge in [0.2, 0.25) is 5.88 Å². The average molecular weight is 414 g/mol. The van der Waals surface area contributed by atoms with Crippen LogP contribution in [0.3, 0.4) is 0 Å². The van der Waals surface area contributed by atoms with Crippen LogP contribution in [0.5, 0.6) is 0 Å². The largest absolute Gasteiger partial charge is 0.475 e. The molecule has 0 saturated carbocycles. The number of rotatable bonds is 5. The van der Waals surface area contributed by atoms with Gasteiger partial charge in [0.25, 0.3) is 5.91 Å². The Morgan fingerprint density at radius 2 is 2.07 bits per heavy atom. The maximum absolute atomic E-state index is 13.7. The molecule has 1 amide bonds. The molecule has 0 N–H and O–H groups in total. The highest BCUT2D eigenvalue weighted by atomic mass is 35.5. The number of carbonyl (C=O) groups excluding carboxylic acids is 1.